The van der Waals surface area contributed by atoms with Gasteiger partial charge in [-0.25, -0.2) is 0 Å². The number of carbonyl (C=O) groups is 1. The van der Waals surface area contributed by atoms with Gasteiger partial charge in [0.05, 0.1) is 5.69 Å². The van der Waals surface area contributed by atoms with Crippen molar-refractivity contribution in [2.24, 2.45) is 0 Å². The highest BCUT2D eigenvalue weighted by Crippen LogP contribution is 2.12. The molecule has 0 atom stereocenters. The van der Waals surface area contributed by atoms with Gasteiger partial charge in [0, 0.05) is 6.54 Å². The molecule has 0 radical (unpaired) electrons. The highest BCUT2D eigenvalue weighted by Gasteiger charge is 2.16. The van der Waals surface area contributed by atoms with Crippen molar-refractivity contribution >= 4 is 17.2 Å². The molecule has 0 aliphatic carbocycles. The molecule has 16 heavy (non-hydrogen) atoms. The fourth-order valence-corrected chi connectivity index (χ4v) is 2.14. The van der Waals surface area contributed by atoms with Gasteiger partial charge in [0.25, 0.3) is 5.91 Å². The fraction of sp³-hybridized carbons (Fsp3) is 0.273. The van der Waals surface area contributed by atoms with Crippen LogP contribution in [0.25, 0.3) is 0 Å². The Morgan fingerprint density at radius 2 is 2.38 bits per heavy atom. The zero-order valence-electron chi connectivity index (χ0n) is 9.11. The van der Waals surface area contributed by atoms with Gasteiger partial charge in [0.1, 0.15) is 11.3 Å². The third-order valence-electron chi connectivity index (χ3n) is 2.29. The Morgan fingerprint density at radius 1 is 1.56 bits per heavy atom. The van der Waals surface area contributed by atoms with Crippen LogP contribution in [0.4, 0.5) is 0 Å². The Bertz CT molecular complexity index is 469. The van der Waals surface area contributed by atoms with Crippen molar-refractivity contribution in [2.75, 3.05) is 0 Å². The predicted octanol–water partition coefficient (Wildman–Crippen LogP) is 2.28. The molecule has 1 N–H and O–H groups in total. The zero-order valence-corrected chi connectivity index (χ0v) is 9.93. The average molecular weight is 236 g/mol. The molecule has 0 aromatic carbocycles. The van der Waals surface area contributed by atoms with Crippen molar-refractivity contribution in [2.45, 2.75) is 20.4 Å². The number of hydrogen-bond acceptors (Lipinski definition) is 4. The van der Waals surface area contributed by atoms with Crippen LogP contribution in [0.15, 0.2) is 21.3 Å². The summed E-state index contributed by atoms with van der Waals surface area (Å²) in [7, 11) is 0. The van der Waals surface area contributed by atoms with Gasteiger partial charge < -0.3 is 9.84 Å². The van der Waals surface area contributed by atoms with Gasteiger partial charge in [0.15, 0.2) is 0 Å². The van der Waals surface area contributed by atoms with Gasteiger partial charge >= 0.3 is 0 Å². The summed E-state index contributed by atoms with van der Waals surface area (Å²) in [4.78, 5) is 11.8. The number of aryl methyl sites for hydroxylation is 2. The summed E-state index contributed by atoms with van der Waals surface area (Å²) < 4.78 is 4.94. The smallest absolute Gasteiger partial charge is 0.257 e. The van der Waals surface area contributed by atoms with E-state index in [1.807, 2.05) is 16.8 Å². The molecule has 0 unspecified atom stereocenters. The first-order valence-electron chi connectivity index (χ1n) is 4.90. The molecule has 4 nitrogen and oxygen atoms in total. The summed E-state index contributed by atoms with van der Waals surface area (Å²) in [5.41, 5.74) is 2.26. The van der Waals surface area contributed by atoms with Crippen molar-refractivity contribution in [3.63, 3.8) is 0 Å². The quantitative estimate of drug-likeness (QED) is 0.889. The van der Waals surface area contributed by atoms with Crippen LogP contribution in [-0.4, -0.2) is 11.1 Å². The zero-order chi connectivity index (χ0) is 11.5. The van der Waals surface area contributed by atoms with Gasteiger partial charge in [0.2, 0.25) is 0 Å². The summed E-state index contributed by atoms with van der Waals surface area (Å²) in [5, 5.41) is 10.6. The highest BCUT2D eigenvalue weighted by molar-refractivity contribution is 7.07. The number of hydrogen-bond donors (Lipinski definition) is 1. The molecule has 0 saturated heterocycles. The molecular formula is C11H12N2O2S. The van der Waals surface area contributed by atoms with E-state index in [1.165, 1.54) is 0 Å². The molecule has 2 aromatic heterocycles. The van der Waals surface area contributed by atoms with Crippen molar-refractivity contribution in [3.05, 3.63) is 39.4 Å². The average Bonchev–Trinajstić information content (AvgIpc) is 2.86. The number of amides is 1. The number of aromatic nitrogens is 1. The molecule has 0 fully saturated rings. The minimum absolute atomic E-state index is 0.137. The molecule has 5 heteroatoms. The van der Waals surface area contributed by atoms with E-state index in [0.29, 0.717) is 23.6 Å². The van der Waals surface area contributed by atoms with Gasteiger partial charge in [-0.15, -0.1) is 0 Å². The number of thiophene rings is 1. The first-order chi connectivity index (χ1) is 7.68. The van der Waals surface area contributed by atoms with Crippen LogP contribution < -0.4 is 5.32 Å². The van der Waals surface area contributed by atoms with E-state index < -0.39 is 0 Å². The number of nitrogens with zero attached hydrogens (tertiary/aromatic N) is 1. The van der Waals surface area contributed by atoms with E-state index in [4.69, 9.17) is 4.52 Å². The van der Waals surface area contributed by atoms with Crippen LogP contribution in [0, 0.1) is 13.8 Å². The first kappa shape index (κ1) is 10.9. The molecule has 1 amide bonds. The molecule has 2 rings (SSSR count). The third kappa shape index (κ3) is 2.14. The monoisotopic (exact) mass is 236 g/mol. The topological polar surface area (TPSA) is 55.1 Å². The molecule has 0 saturated carbocycles. The fourth-order valence-electron chi connectivity index (χ4n) is 1.47. The lowest BCUT2D eigenvalue weighted by molar-refractivity contribution is 0.0949. The van der Waals surface area contributed by atoms with E-state index in [1.54, 1.807) is 25.2 Å². The van der Waals surface area contributed by atoms with Crippen molar-refractivity contribution in [1.29, 1.82) is 0 Å². The Balaban J connectivity index is 2.04. The number of nitrogens with one attached hydrogen (secondary N) is 1. The van der Waals surface area contributed by atoms with Gasteiger partial charge in [-0.2, -0.15) is 11.3 Å². The maximum atomic E-state index is 11.8. The summed E-state index contributed by atoms with van der Waals surface area (Å²) in [6.07, 6.45) is 0. The molecule has 0 spiro atoms. The van der Waals surface area contributed by atoms with Gasteiger partial charge in [-0.3, -0.25) is 4.79 Å². The largest absolute Gasteiger partial charge is 0.361 e. The van der Waals surface area contributed by atoms with Crippen LogP contribution in [0.5, 0.6) is 0 Å². The van der Waals surface area contributed by atoms with E-state index in [-0.39, 0.29) is 5.91 Å². The Hall–Kier alpha value is -1.62. The van der Waals surface area contributed by atoms with E-state index >= 15 is 0 Å². The minimum Gasteiger partial charge on any atom is -0.361 e. The van der Waals surface area contributed by atoms with Crippen molar-refractivity contribution < 1.29 is 9.32 Å². The molecule has 0 bridgehead atoms. The third-order valence-corrected chi connectivity index (χ3v) is 3.03. The standard InChI is InChI=1S/C11H12N2O2S/c1-7-10(8(2)15-13-7)11(14)12-5-9-3-4-16-6-9/h3-4,6H,5H2,1-2H3,(H,12,14). The Labute approximate surface area is 97.3 Å². The van der Waals surface area contributed by atoms with Crippen LogP contribution in [0.3, 0.4) is 0 Å². The maximum absolute atomic E-state index is 11.8. The number of rotatable bonds is 3. The minimum atomic E-state index is -0.137. The second kappa shape index (κ2) is 4.49. The number of carbonyl (C=O) groups excluding carboxylic acids is 1. The summed E-state index contributed by atoms with van der Waals surface area (Å²) >= 11 is 1.61. The molecule has 2 aromatic rings. The maximum Gasteiger partial charge on any atom is 0.257 e. The van der Waals surface area contributed by atoms with Crippen LogP contribution in [-0.2, 0) is 6.54 Å². The van der Waals surface area contributed by atoms with Crippen molar-refractivity contribution in [3.8, 4) is 0 Å². The normalized spacial score (nSPS) is 10.4. The van der Waals surface area contributed by atoms with Crippen molar-refractivity contribution in [1.82, 2.24) is 10.5 Å². The highest BCUT2D eigenvalue weighted by atomic mass is 32.1. The summed E-state index contributed by atoms with van der Waals surface area (Å²) in [6.45, 7) is 4.03. The Kier molecular flexibility index (Phi) is 3.05. The molecule has 0 aliphatic rings. The molecule has 84 valence electrons. The second-order valence-electron chi connectivity index (χ2n) is 3.51. The molecular weight excluding hydrogens is 224 g/mol. The summed E-state index contributed by atoms with van der Waals surface area (Å²) in [5.74, 6) is 0.419. The predicted molar refractivity (Wildman–Crippen MR) is 61.5 cm³/mol. The summed E-state index contributed by atoms with van der Waals surface area (Å²) in [6, 6.07) is 1.98. The lowest BCUT2D eigenvalue weighted by Gasteiger charge is -2.02. The SMILES string of the molecule is Cc1noc(C)c1C(=O)NCc1ccsc1. The Morgan fingerprint density at radius 3 is 2.94 bits per heavy atom. The second-order valence-corrected chi connectivity index (χ2v) is 4.29. The first-order valence-corrected chi connectivity index (χ1v) is 5.85. The molecule has 2 heterocycles. The van der Waals surface area contributed by atoms with E-state index in [9.17, 15) is 4.79 Å². The van der Waals surface area contributed by atoms with Crippen LogP contribution in [0.1, 0.15) is 27.4 Å². The van der Waals surface area contributed by atoms with Gasteiger partial charge in [-0.1, -0.05) is 5.16 Å². The van der Waals surface area contributed by atoms with Gasteiger partial charge in [-0.05, 0) is 36.2 Å². The lowest BCUT2D eigenvalue weighted by atomic mass is 10.2. The van der Waals surface area contributed by atoms with Crippen LogP contribution >= 0.6 is 11.3 Å². The molecule has 0 aliphatic heterocycles. The van der Waals surface area contributed by atoms with E-state index in [0.717, 1.165) is 5.56 Å². The van der Waals surface area contributed by atoms with Crippen LogP contribution in [0.2, 0.25) is 0 Å². The lowest BCUT2D eigenvalue weighted by Crippen LogP contribution is -2.23. The van der Waals surface area contributed by atoms with E-state index in [2.05, 4.69) is 10.5 Å².